The third kappa shape index (κ3) is 3.45. The van der Waals surface area contributed by atoms with E-state index < -0.39 is 11.7 Å². The molecule has 2 rings (SSSR count). The van der Waals surface area contributed by atoms with Gasteiger partial charge in [0.15, 0.2) is 0 Å². The van der Waals surface area contributed by atoms with Crippen molar-refractivity contribution in [3.8, 4) is 0 Å². The van der Waals surface area contributed by atoms with Crippen LogP contribution in [-0.2, 0) is 0 Å². The Kier molecular flexibility index (Phi) is 4.11. The van der Waals surface area contributed by atoms with E-state index in [9.17, 15) is 14.6 Å². The summed E-state index contributed by atoms with van der Waals surface area (Å²) in [5.41, 5.74) is 0.857. The molecule has 2 atom stereocenters. The van der Waals surface area contributed by atoms with Crippen LogP contribution in [0.3, 0.4) is 0 Å². The van der Waals surface area contributed by atoms with Gasteiger partial charge in [-0.2, -0.15) is 0 Å². The number of benzene rings is 1. The Bertz CT molecular complexity index is 446. The van der Waals surface area contributed by atoms with Gasteiger partial charge in [-0.05, 0) is 51.3 Å². The molecule has 4 heteroatoms. The van der Waals surface area contributed by atoms with Crippen molar-refractivity contribution >= 4 is 5.69 Å². The summed E-state index contributed by atoms with van der Waals surface area (Å²) in [5, 5.41) is 19.9. The van der Waals surface area contributed by atoms with E-state index >= 15 is 0 Å². The highest BCUT2D eigenvalue weighted by atomic mass is 19.1. The van der Waals surface area contributed by atoms with E-state index in [0.29, 0.717) is 12.0 Å². The monoisotopic (exact) mass is 267 g/mol. The van der Waals surface area contributed by atoms with E-state index in [1.165, 1.54) is 12.1 Å². The normalized spacial score (nSPS) is 26.1. The zero-order chi connectivity index (χ0) is 14.0. The molecule has 1 aromatic rings. The first kappa shape index (κ1) is 14.3. The molecule has 0 radical (unpaired) electrons. The smallest absolute Gasteiger partial charge is 0.123 e. The minimum absolute atomic E-state index is 0.332. The average Bonchev–Trinajstić information content (AvgIpc) is 2.50. The lowest BCUT2D eigenvalue weighted by Crippen LogP contribution is -2.29. The van der Waals surface area contributed by atoms with Crippen LogP contribution in [0.5, 0.6) is 0 Å². The van der Waals surface area contributed by atoms with Crippen LogP contribution in [0.15, 0.2) is 18.2 Å². The van der Waals surface area contributed by atoms with Crippen molar-refractivity contribution in [2.45, 2.75) is 44.8 Å². The van der Waals surface area contributed by atoms with Gasteiger partial charge in [-0.3, -0.25) is 0 Å². The van der Waals surface area contributed by atoms with Gasteiger partial charge in [-0.1, -0.05) is 0 Å². The molecule has 19 heavy (non-hydrogen) atoms. The van der Waals surface area contributed by atoms with E-state index in [2.05, 4.69) is 4.90 Å². The Morgan fingerprint density at radius 1 is 1.32 bits per heavy atom. The van der Waals surface area contributed by atoms with Crippen molar-refractivity contribution in [3.63, 3.8) is 0 Å². The Balaban J connectivity index is 2.26. The summed E-state index contributed by atoms with van der Waals surface area (Å²) >= 11 is 0. The summed E-state index contributed by atoms with van der Waals surface area (Å²) in [7, 11) is 0. The van der Waals surface area contributed by atoms with Gasteiger partial charge in [0.2, 0.25) is 0 Å². The first-order valence-corrected chi connectivity index (χ1v) is 6.84. The molecule has 1 saturated heterocycles. The lowest BCUT2D eigenvalue weighted by Gasteiger charge is -2.27. The molecular weight excluding hydrogens is 245 g/mol. The molecular formula is C15H22FNO2. The summed E-state index contributed by atoms with van der Waals surface area (Å²) < 4.78 is 13.3. The van der Waals surface area contributed by atoms with E-state index in [0.717, 1.165) is 31.6 Å². The van der Waals surface area contributed by atoms with Crippen LogP contribution < -0.4 is 4.90 Å². The third-order valence-electron chi connectivity index (χ3n) is 3.84. The van der Waals surface area contributed by atoms with E-state index in [-0.39, 0.29) is 5.82 Å². The second-order valence-corrected chi connectivity index (χ2v) is 5.72. The molecule has 106 valence electrons. The standard InChI is InChI=1S/C15H22FNO2/c1-11(18)13-10-12(16)4-5-14(13)17-8-3-6-15(2,19)7-9-17/h4-5,10-11,18-19H,3,6-9H2,1-2H3. The van der Waals surface area contributed by atoms with Gasteiger partial charge in [-0.25, -0.2) is 4.39 Å². The molecule has 1 aliphatic rings. The van der Waals surface area contributed by atoms with Crippen molar-refractivity contribution < 1.29 is 14.6 Å². The van der Waals surface area contributed by atoms with Crippen molar-refractivity contribution in [1.82, 2.24) is 0 Å². The second-order valence-electron chi connectivity index (χ2n) is 5.72. The van der Waals surface area contributed by atoms with Gasteiger partial charge in [0.25, 0.3) is 0 Å². The highest BCUT2D eigenvalue weighted by molar-refractivity contribution is 5.55. The number of nitrogens with zero attached hydrogens (tertiary/aromatic N) is 1. The van der Waals surface area contributed by atoms with Crippen molar-refractivity contribution in [2.24, 2.45) is 0 Å². The first-order valence-electron chi connectivity index (χ1n) is 6.84. The van der Waals surface area contributed by atoms with Crippen LogP contribution in [0.25, 0.3) is 0 Å². The Morgan fingerprint density at radius 3 is 2.74 bits per heavy atom. The lowest BCUT2D eigenvalue weighted by molar-refractivity contribution is 0.0481. The molecule has 1 aliphatic heterocycles. The van der Waals surface area contributed by atoms with Gasteiger partial charge in [-0.15, -0.1) is 0 Å². The van der Waals surface area contributed by atoms with Gasteiger partial charge < -0.3 is 15.1 Å². The minimum atomic E-state index is -0.700. The maximum Gasteiger partial charge on any atom is 0.123 e. The predicted molar refractivity (Wildman–Crippen MR) is 73.7 cm³/mol. The van der Waals surface area contributed by atoms with Crippen LogP contribution in [0.2, 0.25) is 0 Å². The Hall–Kier alpha value is -1.13. The second kappa shape index (κ2) is 5.47. The fourth-order valence-electron chi connectivity index (χ4n) is 2.65. The summed E-state index contributed by atoms with van der Waals surface area (Å²) in [5.74, 6) is -0.332. The van der Waals surface area contributed by atoms with Gasteiger partial charge in [0.1, 0.15) is 5.82 Å². The fourth-order valence-corrected chi connectivity index (χ4v) is 2.65. The number of rotatable bonds is 2. The summed E-state index contributed by atoms with van der Waals surface area (Å²) in [6, 6.07) is 4.53. The highest BCUT2D eigenvalue weighted by Gasteiger charge is 2.26. The zero-order valence-corrected chi connectivity index (χ0v) is 11.6. The summed E-state index contributed by atoms with van der Waals surface area (Å²) in [6.07, 6.45) is 1.65. The molecule has 0 amide bonds. The topological polar surface area (TPSA) is 43.7 Å². The molecule has 1 heterocycles. The molecule has 0 saturated carbocycles. The third-order valence-corrected chi connectivity index (χ3v) is 3.84. The van der Waals surface area contributed by atoms with Crippen LogP contribution in [0.1, 0.15) is 44.8 Å². The number of anilines is 1. The average molecular weight is 267 g/mol. The van der Waals surface area contributed by atoms with Crippen LogP contribution in [-0.4, -0.2) is 28.9 Å². The molecule has 1 aromatic carbocycles. The molecule has 3 nitrogen and oxygen atoms in total. The quantitative estimate of drug-likeness (QED) is 0.865. The van der Waals surface area contributed by atoms with Crippen molar-refractivity contribution in [2.75, 3.05) is 18.0 Å². The number of halogens is 1. The lowest BCUT2D eigenvalue weighted by atomic mass is 9.98. The molecule has 1 fully saturated rings. The van der Waals surface area contributed by atoms with Crippen molar-refractivity contribution in [1.29, 1.82) is 0 Å². The predicted octanol–water partition coefficient (Wildman–Crippen LogP) is 2.62. The van der Waals surface area contributed by atoms with E-state index in [4.69, 9.17) is 0 Å². The van der Waals surface area contributed by atoms with Crippen LogP contribution >= 0.6 is 0 Å². The van der Waals surface area contributed by atoms with Crippen molar-refractivity contribution in [3.05, 3.63) is 29.6 Å². The molecule has 0 bridgehead atoms. The number of hydrogen-bond donors (Lipinski definition) is 2. The maximum absolute atomic E-state index is 13.3. The zero-order valence-electron chi connectivity index (χ0n) is 11.6. The molecule has 0 aromatic heterocycles. The highest BCUT2D eigenvalue weighted by Crippen LogP contribution is 2.31. The van der Waals surface area contributed by atoms with E-state index in [1.807, 2.05) is 6.92 Å². The Labute approximate surface area is 113 Å². The molecule has 2 unspecified atom stereocenters. The molecule has 2 N–H and O–H groups in total. The van der Waals surface area contributed by atoms with Gasteiger partial charge in [0.05, 0.1) is 11.7 Å². The van der Waals surface area contributed by atoms with Crippen LogP contribution in [0.4, 0.5) is 10.1 Å². The summed E-state index contributed by atoms with van der Waals surface area (Å²) in [4.78, 5) is 2.13. The minimum Gasteiger partial charge on any atom is -0.390 e. The number of aliphatic hydroxyl groups excluding tert-OH is 1. The van der Waals surface area contributed by atoms with Gasteiger partial charge >= 0.3 is 0 Å². The largest absolute Gasteiger partial charge is 0.390 e. The SMILES string of the molecule is CC(O)c1cc(F)ccc1N1CCCC(C)(O)CC1. The molecule has 0 spiro atoms. The number of hydrogen-bond acceptors (Lipinski definition) is 3. The fraction of sp³-hybridized carbons (Fsp3) is 0.600. The Morgan fingerprint density at radius 2 is 2.05 bits per heavy atom. The van der Waals surface area contributed by atoms with Gasteiger partial charge in [0, 0.05) is 24.3 Å². The molecule has 0 aliphatic carbocycles. The van der Waals surface area contributed by atoms with Crippen LogP contribution in [0, 0.1) is 5.82 Å². The first-order chi connectivity index (χ1) is 8.89. The maximum atomic E-state index is 13.3. The van der Waals surface area contributed by atoms with E-state index in [1.54, 1.807) is 13.0 Å². The summed E-state index contributed by atoms with van der Waals surface area (Å²) in [6.45, 7) is 5.04. The number of aliphatic hydroxyl groups is 2.